The first-order chi connectivity index (χ1) is 14.2. The fourth-order valence-electron chi connectivity index (χ4n) is 3.66. The molecular weight excluding hydrogens is 387 g/mol. The van der Waals surface area contributed by atoms with Crippen LogP contribution in [0.2, 0.25) is 0 Å². The molecule has 0 aromatic carbocycles. The summed E-state index contributed by atoms with van der Waals surface area (Å²) in [5.74, 6) is -0.274. The predicted octanol–water partition coefficient (Wildman–Crippen LogP) is 6.06. The molecular formula is C25H51NaO4. The van der Waals surface area contributed by atoms with E-state index in [9.17, 15) is 4.79 Å². The van der Waals surface area contributed by atoms with Crippen molar-refractivity contribution in [3.63, 3.8) is 0 Å². The number of esters is 1. The average Bonchev–Trinajstić information content (AvgIpc) is 2.73. The standard InChI is InChI=1S/C25H50O4.Na.H/c1-2-3-4-5-6-7-8-9-10-11-12-13-14-15-16-17-18-19-20-21-25(28)29-23-24(27)22-26;;/h24,26-27H,2-23H2,1H3;;. The van der Waals surface area contributed by atoms with E-state index in [0.717, 1.165) is 12.8 Å². The van der Waals surface area contributed by atoms with Crippen molar-refractivity contribution in [1.29, 1.82) is 0 Å². The normalized spacial score (nSPS) is 11.8. The van der Waals surface area contributed by atoms with E-state index >= 15 is 0 Å². The summed E-state index contributed by atoms with van der Waals surface area (Å²) in [6.45, 7) is 1.81. The van der Waals surface area contributed by atoms with Crippen LogP contribution in [0, 0.1) is 0 Å². The van der Waals surface area contributed by atoms with Crippen molar-refractivity contribution < 1.29 is 19.7 Å². The third-order valence-electron chi connectivity index (χ3n) is 5.63. The van der Waals surface area contributed by atoms with Crippen molar-refractivity contribution >= 4 is 35.5 Å². The van der Waals surface area contributed by atoms with Crippen molar-refractivity contribution in [1.82, 2.24) is 0 Å². The second-order valence-electron chi connectivity index (χ2n) is 8.63. The SMILES string of the molecule is CCCCCCCCCCCCCCCCCCCCCC(=O)OCC(O)CO.[NaH]. The zero-order valence-electron chi connectivity index (χ0n) is 19.3. The van der Waals surface area contributed by atoms with E-state index in [1.165, 1.54) is 109 Å². The van der Waals surface area contributed by atoms with Crippen molar-refractivity contribution in [2.24, 2.45) is 0 Å². The number of carbonyl (C=O) groups excluding carboxylic acids is 1. The van der Waals surface area contributed by atoms with Crippen LogP contribution < -0.4 is 0 Å². The molecule has 0 heterocycles. The molecule has 0 fully saturated rings. The number of rotatable bonds is 23. The summed E-state index contributed by atoms with van der Waals surface area (Å²) in [7, 11) is 0. The predicted molar refractivity (Wildman–Crippen MR) is 129 cm³/mol. The number of unbranched alkanes of at least 4 members (excludes halogenated alkanes) is 18. The van der Waals surface area contributed by atoms with Gasteiger partial charge in [-0.05, 0) is 6.42 Å². The number of hydrogen-bond acceptors (Lipinski definition) is 4. The quantitative estimate of drug-likeness (QED) is 0.116. The maximum atomic E-state index is 11.4. The molecule has 2 N–H and O–H groups in total. The zero-order valence-corrected chi connectivity index (χ0v) is 19.3. The van der Waals surface area contributed by atoms with Gasteiger partial charge in [0.1, 0.15) is 12.7 Å². The third kappa shape index (κ3) is 26.4. The molecule has 0 rings (SSSR count). The van der Waals surface area contributed by atoms with E-state index in [-0.39, 0.29) is 48.7 Å². The molecule has 0 saturated heterocycles. The summed E-state index contributed by atoms with van der Waals surface area (Å²) >= 11 is 0. The molecule has 0 saturated carbocycles. The Morgan fingerprint density at radius 1 is 0.667 bits per heavy atom. The summed E-state index contributed by atoms with van der Waals surface area (Å²) in [6, 6.07) is 0. The van der Waals surface area contributed by atoms with Gasteiger partial charge in [-0.15, -0.1) is 0 Å². The van der Waals surface area contributed by atoms with Gasteiger partial charge in [0, 0.05) is 6.42 Å². The Morgan fingerprint density at radius 3 is 1.33 bits per heavy atom. The molecule has 30 heavy (non-hydrogen) atoms. The number of aliphatic hydroxyl groups is 2. The molecule has 1 unspecified atom stereocenters. The van der Waals surface area contributed by atoms with Gasteiger partial charge < -0.3 is 14.9 Å². The van der Waals surface area contributed by atoms with Gasteiger partial charge in [-0.3, -0.25) is 4.79 Å². The third-order valence-corrected chi connectivity index (χ3v) is 5.63. The first-order valence-electron chi connectivity index (χ1n) is 12.6. The molecule has 0 radical (unpaired) electrons. The molecule has 176 valence electrons. The molecule has 5 heteroatoms. The van der Waals surface area contributed by atoms with Crippen LogP contribution in [0.1, 0.15) is 135 Å². The van der Waals surface area contributed by atoms with Gasteiger partial charge in [0.2, 0.25) is 0 Å². The van der Waals surface area contributed by atoms with Gasteiger partial charge in [0.15, 0.2) is 0 Å². The fourth-order valence-corrected chi connectivity index (χ4v) is 3.66. The first kappa shape index (κ1) is 32.6. The van der Waals surface area contributed by atoms with Gasteiger partial charge in [-0.1, -0.05) is 122 Å². The topological polar surface area (TPSA) is 66.8 Å². The van der Waals surface area contributed by atoms with Crippen LogP contribution in [-0.2, 0) is 9.53 Å². The van der Waals surface area contributed by atoms with E-state index in [4.69, 9.17) is 14.9 Å². The van der Waals surface area contributed by atoms with E-state index in [1.807, 2.05) is 0 Å². The molecule has 0 bridgehead atoms. The molecule has 1 atom stereocenters. The summed E-state index contributed by atoms with van der Waals surface area (Å²) in [6.07, 6.45) is 24.9. The molecule has 0 aromatic heterocycles. The van der Waals surface area contributed by atoms with E-state index in [1.54, 1.807) is 0 Å². The molecule has 0 aliphatic carbocycles. The minimum atomic E-state index is -0.955. The van der Waals surface area contributed by atoms with Crippen LogP contribution in [-0.4, -0.2) is 65.1 Å². The maximum absolute atomic E-state index is 11.4. The van der Waals surface area contributed by atoms with Crippen LogP contribution in [0.25, 0.3) is 0 Å². The Balaban J connectivity index is 0. The summed E-state index contributed by atoms with van der Waals surface area (Å²) < 4.78 is 4.88. The summed E-state index contributed by atoms with van der Waals surface area (Å²) in [5, 5.41) is 17.8. The van der Waals surface area contributed by atoms with Crippen molar-refractivity contribution in [2.75, 3.05) is 13.2 Å². The van der Waals surface area contributed by atoms with Crippen LogP contribution in [0.15, 0.2) is 0 Å². The zero-order chi connectivity index (χ0) is 21.4. The molecule has 0 aliphatic heterocycles. The number of carbonyl (C=O) groups is 1. The Bertz CT molecular complexity index is 339. The van der Waals surface area contributed by atoms with Gasteiger partial charge in [-0.25, -0.2) is 0 Å². The first-order valence-corrected chi connectivity index (χ1v) is 12.6. The monoisotopic (exact) mass is 438 g/mol. The van der Waals surface area contributed by atoms with Crippen LogP contribution in [0.3, 0.4) is 0 Å². The summed E-state index contributed by atoms with van der Waals surface area (Å²) in [4.78, 5) is 11.4. The second-order valence-corrected chi connectivity index (χ2v) is 8.63. The number of hydrogen-bond donors (Lipinski definition) is 2. The Hall–Kier alpha value is 0.390. The van der Waals surface area contributed by atoms with Crippen LogP contribution in [0.4, 0.5) is 0 Å². The van der Waals surface area contributed by atoms with Crippen LogP contribution in [0.5, 0.6) is 0 Å². The second kappa shape index (κ2) is 27.4. The number of aliphatic hydroxyl groups excluding tert-OH is 2. The van der Waals surface area contributed by atoms with Gasteiger partial charge in [-0.2, -0.15) is 0 Å². The molecule has 0 aromatic rings. The number of ether oxygens (including phenoxy) is 1. The summed E-state index contributed by atoms with van der Waals surface area (Å²) in [5.41, 5.74) is 0. The Kier molecular flexibility index (Phi) is 29.8. The van der Waals surface area contributed by atoms with E-state index in [2.05, 4.69) is 6.92 Å². The van der Waals surface area contributed by atoms with Crippen molar-refractivity contribution in [3.05, 3.63) is 0 Å². The Labute approximate surface area is 209 Å². The van der Waals surface area contributed by atoms with E-state index < -0.39 is 6.10 Å². The van der Waals surface area contributed by atoms with Gasteiger partial charge in [0.25, 0.3) is 0 Å². The minimum absolute atomic E-state index is 0. The van der Waals surface area contributed by atoms with Crippen molar-refractivity contribution in [3.8, 4) is 0 Å². The van der Waals surface area contributed by atoms with Crippen LogP contribution >= 0.6 is 0 Å². The van der Waals surface area contributed by atoms with E-state index in [0.29, 0.717) is 6.42 Å². The average molecular weight is 439 g/mol. The fraction of sp³-hybridized carbons (Fsp3) is 0.960. The Morgan fingerprint density at radius 2 is 1.00 bits per heavy atom. The van der Waals surface area contributed by atoms with Gasteiger partial charge in [0.05, 0.1) is 6.61 Å². The molecule has 0 amide bonds. The molecule has 4 nitrogen and oxygen atoms in total. The molecule has 0 spiro atoms. The molecule has 0 aliphatic rings. The van der Waals surface area contributed by atoms with Crippen molar-refractivity contribution in [2.45, 2.75) is 141 Å². The van der Waals surface area contributed by atoms with Gasteiger partial charge >= 0.3 is 35.5 Å².